The van der Waals surface area contributed by atoms with E-state index >= 15 is 0 Å². The topological polar surface area (TPSA) is 43.6 Å². The molecule has 42 heavy (non-hydrogen) atoms. The van der Waals surface area contributed by atoms with Crippen molar-refractivity contribution >= 4 is 64.1 Å². The third-order valence-corrected chi connectivity index (χ3v) is 9.17. The van der Waals surface area contributed by atoms with Crippen molar-refractivity contribution in [2.24, 2.45) is 0 Å². The number of fused-ring (bicyclic) bond motifs is 8. The fourth-order valence-electron chi connectivity index (χ4n) is 6.12. The molecular formula is C37H22N4S. The van der Waals surface area contributed by atoms with Gasteiger partial charge in [0.15, 0.2) is 11.6 Å². The largest absolute Gasteiger partial charge is 0.278 e. The van der Waals surface area contributed by atoms with Crippen LogP contribution < -0.4 is 0 Å². The maximum Gasteiger partial charge on any atom is 0.238 e. The van der Waals surface area contributed by atoms with Gasteiger partial charge in [0.25, 0.3) is 0 Å². The number of hydrogen-bond acceptors (Lipinski definition) is 4. The fraction of sp³-hybridized carbons (Fsp3) is 0. The number of thiophene rings is 1. The molecule has 0 aliphatic heterocycles. The minimum atomic E-state index is 0.607. The summed E-state index contributed by atoms with van der Waals surface area (Å²) in [7, 11) is 0. The predicted molar refractivity (Wildman–Crippen MR) is 175 cm³/mol. The Kier molecular flexibility index (Phi) is 5.03. The molecule has 0 radical (unpaired) electrons. The third-order valence-electron chi connectivity index (χ3n) is 8.04. The van der Waals surface area contributed by atoms with E-state index in [1.54, 1.807) is 0 Å². The van der Waals surface area contributed by atoms with Gasteiger partial charge in [0.05, 0.1) is 11.0 Å². The Bertz CT molecular complexity index is 2400. The van der Waals surface area contributed by atoms with Crippen molar-refractivity contribution in [3.8, 4) is 28.7 Å². The fourth-order valence-corrected chi connectivity index (χ4v) is 7.25. The van der Waals surface area contributed by atoms with E-state index in [4.69, 9.17) is 15.0 Å². The molecule has 0 spiro atoms. The summed E-state index contributed by atoms with van der Waals surface area (Å²) >= 11 is 1.85. The highest BCUT2D eigenvalue weighted by Gasteiger charge is 2.19. The van der Waals surface area contributed by atoms with Crippen LogP contribution in [0.1, 0.15) is 0 Å². The van der Waals surface area contributed by atoms with Crippen LogP contribution in [-0.4, -0.2) is 19.5 Å². The smallest absolute Gasteiger partial charge is 0.238 e. The van der Waals surface area contributed by atoms with E-state index in [1.165, 1.54) is 41.7 Å². The van der Waals surface area contributed by atoms with E-state index < -0.39 is 0 Å². The van der Waals surface area contributed by atoms with Gasteiger partial charge >= 0.3 is 0 Å². The number of para-hydroxylation sites is 1. The van der Waals surface area contributed by atoms with Crippen molar-refractivity contribution in [3.63, 3.8) is 0 Å². The highest BCUT2D eigenvalue weighted by atomic mass is 32.1. The lowest BCUT2D eigenvalue weighted by Gasteiger charge is -2.11. The Balaban J connectivity index is 1.39. The second-order valence-electron chi connectivity index (χ2n) is 10.5. The highest BCUT2D eigenvalue weighted by molar-refractivity contribution is 7.26. The number of rotatable bonds is 3. The van der Waals surface area contributed by atoms with Crippen molar-refractivity contribution in [2.45, 2.75) is 0 Å². The van der Waals surface area contributed by atoms with Crippen molar-refractivity contribution in [3.05, 3.63) is 133 Å². The number of hydrogen-bond donors (Lipinski definition) is 0. The van der Waals surface area contributed by atoms with Gasteiger partial charge in [-0.05, 0) is 41.1 Å². The second-order valence-corrected chi connectivity index (χ2v) is 11.6. The molecular weight excluding hydrogens is 533 g/mol. The second kappa shape index (κ2) is 9.06. The van der Waals surface area contributed by atoms with Gasteiger partial charge in [-0.25, -0.2) is 4.98 Å². The first-order chi connectivity index (χ1) is 20.8. The highest BCUT2D eigenvalue weighted by Crippen LogP contribution is 2.41. The summed E-state index contributed by atoms with van der Waals surface area (Å²) in [6.45, 7) is 0. The van der Waals surface area contributed by atoms with Crippen molar-refractivity contribution in [2.75, 3.05) is 0 Å². The maximum absolute atomic E-state index is 5.08. The lowest BCUT2D eigenvalue weighted by molar-refractivity contribution is 0.954. The van der Waals surface area contributed by atoms with E-state index in [2.05, 4.69) is 77.4 Å². The Labute approximate surface area is 245 Å². The zero-order chi connectivity index (χ0) is 27.6. The monoisotopic (exact) mass is 554 g/mol. The Morgan fingerprint density at radius 2 is 1.10 bits per heavy atom. The molecule has 3 heterocycles. The third kappa shape index (κ3) is 3.51. The number of nitrogens with zero attached hydrogens (tertiary/aromatic N) is 4. The van der Waals surface area contributed by atoms with Gasteiger partial charge in [-0.2, -0.15) is 9.97 Å². The first-order valence-corrected chi connectivity index (χ1v) is 14.8. The van der Waals surface area contributed by atoms with Crippen LogP contribution in [0.3, 0.4) is 0 Å². The average Bonchev–Trinajstić information content (AvgIpc) is 3.60. The molecule has 0 fully saturated rings. The minimum absolute atomic E-state index is 0.607. The van der Waals surface area contributed by atoms with Crippen LogP contribution in [0.4, 0.5) is 0 Å². The molecule has 0 unspecified atom stereocenters. The standard InChI is InChI=1S/C37H22N4S/c1-3-11-23(12-4-1)35-38-36(24-13-5-2-6-14-24)40-37(39-35)41-30-17-9-7-15-26(30)29-22-28-25(21-31(29)41)19-20-33-34(28)27-16-8-10-18-32(27)42-33/h1-22H. The van der Waals surface area contributed by atoms with Gasteiger partial charge in [-0.15, -0.1) is 11.3 Å². The molecule has 5 heteroatoms. The van der Waals surface area contributed by atoms with E-state index in [-0.39, 0.29) is 0 Å². The summed E-state index contributed by atoms with van der Waals surface area (Å²) < 4.78 is 4.82. The molecule has 0 atom stereocenters. The molecule has 0 aliphatic carbocycles. The van der Waals surface area contributed by atoms with Crippen LogP contribution in [0.2, 0.25) is 0 Å². The van der Waals surface area contributed by atoms with Crippen molar-refractivity contribution in [1.82, 2.24) is 19.5 Å². The van der Waals surface area contributed by atoms with Gasteiger partial charge in [-0.1, -0.05) is 103 Å². The normalized spacial score (nSPS) is 11.8. The summed E-state index contributed by atoms with van der Waals surface area (Å²) in [5.74, 6) is 1.91. The Morgan fingerprint density at radius 1 is 0.452 bits per heavy atom. The van der Waals surface area contributed by atoms with Crippen LogP contribution in [0, 0.1) is 0 Å². The van der Waals surface area contributed by atoms with Crippen molar-refractivity contribution < 1.29 is 0 Å². The van der Waals surface area contributed by atoms with Crippen LogP contribution in [0.5, 0.6) is 0 Å². The number of benzene rings is 6. The summed E-state index contributed by atoms with van der Waals surface area (Å²) in [4.78, 5) is 15.1. The summed E-state index contributed by atoms with van der Waals surface area (Å²) in [6.07, 6.45) is 0. The molecule has 0 saturated heterocycles. The summed E-state index contributed by atoms with van der Waals surface area (Å²) in [5, 5.41) is 7.46. The van der Waals surface area contributed by atoms with Gasteiger partial charge in [0.1, 0.15) is 0 Å². The molecule has 0 saturated carbocycles. The Morgan fingerprint density at radius 3 is 1.83 bits per heavy atom. The molecule has 4 nitrogen and oxygen atoms in total. The zero-order valence-electron chi connectivity index (χ0n) is 22.4. The number of aromatic nitrogens is 4. The van der Waals surface area contributed by atoms with E-state index in [9.17, 15) is 0 Å². The zero-order valence-corrected chi connectivity index (χ0v) is 23.2. The molecule has 0 N–H and O–H groups in total. The van der Waals surface area contributed by atoms with Gasteiger partial charge < -0.3 is 0 Å². The van der Waals surface area contributed by atoms with Crippen molar-refractivity contribution in [1.29, 1.82) is 0 Å². The van der Waals surface area contributed by atoms with Gasteiger partial charge in [-0.3, -0.25) is 4.57 Å². The molecule has 196 valence electrons. The first kappa shape index (κ1) is 23.3. The maximum atomic E-state index is 5.08. The Hall–Kier alpha value is -5.39. The molecule has 0 aliphatic rings. The first-order valence-electron chi connectivity index (χ1n) is 14.0. The van der Waals surface area contributed by atoms with Gasteiger partial charge in [0.2, 0.25) is 5.95 Å². The molecule has 9 aromatic rings. The van der Waals surface area contributed by atoms with Crippen LogP contribution in [0.25, 0.3) is 81.5 Å². The summed E-state index contributed by atoms with van der Waals surface area (Å²) in [5.41, 5.74) is 4.05. The van der Waals surface area contributed by atoms with Crippen LogP contribution in [0.15, 0.2) is 133 Å². The van der Waals surface area contributed by atoms with Gasteiger partial charge in [0, 0.05) is 42.1 Å². The molecule has 0 bridgehead atoms. The average molecular weight is 555 g/mol. The predicted octanol–water partition coefficient (Wildman–Crippen LogP) is 9.82. The summed E-state index contributed by atoms with van der Waals surface area (Å²) in [6, 6.07) is 46.7. The lowest BCUT2D eigenvalue weighted by atomic mass is 10.0. The molecule has 6 aromatic carbocycles. The van der Waals surface area contributed by atoms with E-state index in [0.29, 0.717) is 17.6 Å². The lowest BCUT2D eigenvalue weighted by Crippen LogP contribution is -2.06. The molecule has 0 amide bonds. The quantitative estimate of drug-likeness (QED) is 0.218. The van der Waals surface area contributed by atoms with E-state index in [1.807, 2.05) is 72.0 Å². The SMILES string of the molecule is c1ccc(-c2nc(-c3ccccc3)nc(-n3c4ccccc4c4cc5c(ccc6sc7ccccc7c65)cc43)n2)cc1. The van der Waals surface area contributed by atoms with Crippen LogP contribution >= 0.6 is 11.3 Å². The van der Waals surface area contributed by atoms with E-state index in [0.717, 1.165) is 22.2 Å². The molecule has 9 rings (SSSR count). The minimum Gasteiger partial charge on any atom is -0.278 e. The van der Waals surface area contributed by atoms with Crippen LogP contribution in [-0.2, 0) is 0 Å². The molecule has 3 aromatic heterocycles.